The summed E-state index contributed by atoms with van der Waals surface area (Å²) in [5, 5.41) is 0. The van der Waals surface area contributed by atoms with Crippen LogP contribution in [0, 0.1) is 0 Å². The molecule has 0 aliphatic carbocycles. The van der Waals surface area contributed by atoms with E-state index in [2.05, 4.69) is 69.4 Å². The molecule has 0 saturated heterocycles. The minimum atomic E-state index is -0.782. The molecule has 0 aromatic rings. The molecule has 0 amide bonds. The second kappa shape index (κ2) is 68.9. The first-order valence-electron chi connectivity index (χ1n) is 35.6. The van der Waals surface area contributed by atoms with Crippen LogP contribution in [0.25, 0.3) is 0 Å². The molecule has 1 atom stereocenters. The van der Waals surface area contributed by atoms with E-state index in [4.69, 9.17) is 14.2 Å². The van der Waals surface area contributed by atoms with E-state index >= 15 is 0 Å². The summed E-state index contributed by atoms with van der Waals surface area (Å²) in [6, 6.07) is 0. The van der Waals surface area contributed by atoms with Gasteiger partial charge in [-0.3, -0.25) is 14.4 Å². The third-order valence-corrected chi connectivity index (χ3v) is 16.0. The topological polar surface area (TPSA) is 78.9 Å². The van der Waals surface area contributed by atoms with Gasteiger partial charge in [-0.1, -0.05) is 320 Å². The zero-order valence-corrected chi connectivity index (χ0v) is 53.9. The zero-order valence-electron chi connectivity index (χ0n) is 53.9. The lowest BCUT2D eigenvalue weighted by Crippen LogP contribution is -2.30. The predicted molar refractivity (Wildman–Crippen MR) is 349 cm³/mol. The van der Waals surface area contributed by atoms with Crippen molar-refractivity contribution in [1.82, 2.24) is 0 Å². The molecule has 0 rings (SSSR count). The number of carbonyl (C=O) groups excluding carboxylic acids is 3. The summed E-state index contributed by atoms with van der Waals surface area (Å²) in [7, 11) is 0. The maximum atomic E-state index is 12.9. The SMILES string of the molecule is CCCC/C=C\C/C=C\CCCCCCCC(=O)OCC(COC(=O)CCCCCCCCCCCCCCCCCCCCCCC/C=C\CCCCCCCCCC)OC(=O)CCCCCCC/C=C\CCCCCCCC. The van der Waals surface area contributed by atoms with Gasteiger partial charge in [0.1, 0.15) is 13.2 Å². The molecule has 0 aromatic heterocycles. The number of carbonyl (C=O) groups is 3. The van der Waals surface area contributed by atoms with E-state index in [-0.39, 0.29) is 31.1 Å². The average Bonchev–Trinajstić information content (AvgIpc) is 3.46. The van der Waals surface area contributed by atoms with E-state index < -0.39 is 6.10 Å². The Bertz CT molecular complexity index is 1380. The molecule has 0 aliphatic rings. The molecule has 0 fully saturated rings. The molecule has 1 unspecified atom stereocenters. The average molecular weight is 1120 g/mol. The van der Waals surface area contributed by atoms with Gasteiger partial charge >= 0.3 is 17.9 Å². The largest absolute Gasteiger partial charge is 0.462 e. The molecule has 6 nitrogen and oxygen atoms in total. The lowest BCUT2D eigenvalue weighted by Gasteiger charge is -2.18. The van der Waals surface area contributed by atoms with E-state index in [0.717, 1.165) is 83.5 Å². The quantitative estimate of drug-likeness (QED) is 0.0261. The van der Waals surface area contributed by atoms with Crippen LogP contribution in [-0.2, 0) is 28.6 Å². The van der Waals surface area contributed by atoms with Gasteiger partial charge in [0.15, 0.2) is 6.10 Å². The minimum absolute atomic E-state index is 0.0772. The number of unbranched alkanes of at least 4 members (excludes halogenated alkanes) is 47. The summed E-state index contributed by atoms with van der Waals surface area (Å²) >= 11 is 0. The highest BCUT2D eigenvalue weighted by atomic mass is 16.6. The second-order valence-corrected chi connectivity index (χ2v) is 24.1. The monoisotopic (exact) mass is 1120 g/mol. The molecule has 0 bridgehead atoms. The Kier molecular flexibility index (Phi) is 66.6. The Hall–Kier alpha value is -2.63. The molecule has 0 aliphatic heterocycles. The number of hydrogen-bond acceptors (Lipinski definition) is 6. The molecule has 80 heavy (non-hydrogen) atoms. The summed E-state index contributed by atoms with van der Waals surface area (Å²) in [5.41, 5.74) is 0. The molecule has 0 saturated carbocycles. The summed E-state index contributed by atoms with van der Waals surface area (Å²) < 4.78 is 16.9. The van der Waals surface area contributed by atoms with Crippen LogP contribution in [0.2, 0.25) is 0 Å². The van der Waals surface area contributed by atoms with Gasteiger partial charge in [-0.2, -0.15) is 0 Å². The Morgan fingerprint density at radius 1 is 0.250 bits per heavy atom. The van der Waals surface area contributed by atoms with Gasteiger partial charge in [0, 0.05) is 19.3 Å². The highest BCUT2D eigenvalue weighted by Gasteiger charge is 2.19. The smallest absolute Gasteiger partial charge is 0.306 e. The molecule has 468 valence electrons. The van der Waals surface area contributed by atoms with Crippen LogP contribution in [0.5, 0.6) is 0 Å². The van der Waals surface area contributed by atoms with Gasteiger partial charge < -0.3 is 14.2 Å². The molecular formula is C74H136O6. The van der Waals surface area contributed by atoms with Crippen molar-refractivity contribution in [2.45, 2.75) is 393 Å². The highest BCUT2D eigenvalue weighted by Crippen LogP contribution is 2.18. The van der Waals surface area contributed by atoms with Crippen molar-refractivity contribution < 1.29 is 28.6 Å². The first-order chi connectivity index (χ1) is 39.5. The summed E-state index contributed by atoms with van der Waals surface area (Å²) in [5.74, 6) is -0.878. The lowest BCUT2D eigenvalue weighted by atomic mass is 10.0. The Balaban J connectivity index is 4.11. The van der Waals surface area contributed by atoms with Crippen LogP contribution in [0.3, 0.4) is 0 Å². The van der Waals surface area contributed by atoms with Crippen molar-refractivity contribution in [3.05, 3.63) is 48.6 Å². The number of esters is 3. The van der Waals surface area contributed by atoms with Gasteiger partial charge in [-0.05, 0) is 96.3 Å². The standard InChI is InChI=1S/C74H136O6/c1-4-7-10-13-16-19-22-25-28-29-30-31-32-33-34-35-36-37-38-39-40-41-42-43-44-45-47-49-52-55-58-61-64-67-73(76)79-70-71(69-78-72(75)66-63-60-57-54-51-48-27-24-21-18-15-12-9-6-3)80-74(77)68-65-62-59-56-53-50-46-26-23-20-17-14-11-8-5-2/h15,18,24,26-27,29-30,46,71H,4-14,16-17,19-23,25,28,31-45,47-70H2,1-3H3/b18-15-,27-24-,30-29-,46-26-. The number of ether oxygens (including phenoxy) is 3. The predicted octanol–water partition coefficient (Wildman–Crippen LogP) is 24.5. The van der Waals surface area contributed by atoms with E-state index in [0.29, 0.717) is 19.3 Å². The Morgan fingerprint density at radius 2 is 0.463 bits per heavy atom. The van der Waals surface area contributed by atoms with Crippen LogP contribution < -0.4 is 0 Å². The zero-order chi connectivity index (χ0) is 57.8. The van der Waals surface area contributed by atoms with Crippen molar-refractivity contribution in [3.8, 4) is 0 Å². The van der Waals surface area contributed by atoms with Crippen LogP contribution in [0.4, 0.5) is 0 Å². The van der Waals surface area contributed by atoms with Crippen molar-refractivity contribution >= 4 is 17.9 Å². The summed E-state index contributed by atoms with van der Waals surface area (Å²) in [4.78, 5) is 38.3. The minimum Gasteiger partial charge on any atom is -0.462 e. The number of hydrogen-bond donors (Lipinski definition) is 0. The fourth-order valence-corrected chi connectivity index (χ4v) is 10.6. The van der Waals surface area contributed by atoms with E-state index in [1.165, 1.54) is 263 Å². The Labute approximate surface area is 498 Å². The van der Waals surface area contributed by atoms with Crippen molar-refractivity contribution in [3.63, 3.8) is 0 Å². The second-order valence-electron chi connectivity index (χ2n) is 24.1. The fraction of sp³-hybridized carbons (Fsp3) is 0.851. The van der Waals surface area contributed by atoms with Crippen LogP contribution in [-0.4, -0.2) is 37.2 Å². The molecule has 0 radical (unpaired) electrons. The van der Waals surface area contributed by atoms with Gasteiger partial charge in [-0.25, -0.2) is 0 Å². The van der Waals surface area contributed by atoms with Gasteiger partial charge in [0.2, 0.25) is 0 Å². The first-order valence-corrected chi connectivity index (χ1v) is 35.6. The van der Waals surface area contributed by atoms with Gasteiger partial charge in [0.25, 0.3) is 0 Å². The lowest BCUT2D eigenvalue weighted by molar-refractivity contribution is -0.167. The number of rotatable bonds is 66. The van der Waals surface area contributed by atoms with Crippen molar-refractivity contribution in [2.24, 2.45) is 0 Å². The van der Waals surface area contributed by atoms with Crippen LogP contribution >= 0.6 is 0 Å². The van der Waals surface area contributed by atoms with Crippen molar-refractivity contribution in [2.75, 3.05) is 13.2 Å². The highest BCUT2D eigenvalue weighted by molar-refractivity contribution is 5.71. The molecule has 0 heterocycles. The van der Waals surface area contributed by atoms with Gasteiger partial charge in [-0.15, -0.1) is 0 Å². The maximum Gasteiger partial charge on any atom is 0.306 e. The first kappa shape index (κ1) is 77.4. The Morgan fingerprint density at radius 3 is 0.738 bits per heavy atom. The van der Waals surface area contributed by atoms with Crippen LogP contribution in [0.15, 0.2) is 48.6 Å². The molecule has 0 N–H and O–H groups in total. The van der Waals surface area contributed by atoms with Gasteiger partial charge in [0.05, 0.1) is 0 Å². The molecular weight excluding hydrogens is 985 g/mol. The molecule has 6 heteroatoms. The summed E-state index contributed by atoms with van der Waals surface area (Å²) in [6.45, 7) is 6.63. The maximum absolute atomic E-state index is 12.9. The van der Waals surface area contributed by atoms with Crippen LogP contribution in [0.1, 0.15) is 387 Å². The fourth-order valence-electron chi connectivity index (χ4n) is 10.6. The van der Waals surface area contributed by atoms with E-state index in [9.17, 15) is 14.4 Å². The number of allylic oxidation sites excluding steroid dienone is 8. The molecule has 0 spiro atoms. The van der Waals surface area contributed by atoms with E-state index in [1.807, 2.05) is 0 Å². The third-order valence-electron chi connectivity index (χ3n) is 16.0. The summed E-state index contributed by atoms with van der Waals surface area (Å²) in [6.07, 6.45) is 87.3. The van der Waals surface area contributed by atoms with E-state index in [1.54, 1.807) is 0 Å². The third kappa shape index (κ3) is 66.2. The normalized spacial score (nSPS) is 12.3. The van der Waals surface area contributed by atoms with Crippen molar-refractivity contribution in [1.29, 1.82) is 0 Å². The molecule has 0 aromatic carbocycles.